The van der Waals surface area contributed by atoms with Gasteiger partial charge in [0.2, 0.25) is 5.91 Å². The molecule has 6 heteroatoms. The maximum absolute atomic E-state index is 11.4. The molecule has 0 aliphatic rings. The lowest BCUT2D eigenvalue weighted by Crippen LogP contribution is -2.55. The zero-order valence-electron chi connectivity index (χ0n) is 10.1. The number of amides is 1. The molecule has 0 rings (SSSR count). The van der Waals surface area contributed by atoms with Crippen molar-refractivity contribution in [3.05, 3.63) is 10.4 Å². The normalized spacial score (nSPS) is 13.9. The van der Waals surface area contributed by atoms with E-state index in [1.165, 1.54) is 0 Å². The van der Waals surface area contributed by atoms with Crippen LogP contribution in [0.4, 0.5) is 0 Å². The van der Waals surface area contributed by atoms with Crippen molar-refractivity contribution in [3.8, 4) is 0 Å². The van der Waals surface area contributed by atoms with Crippen molar-refractivity contribution in [3.63, 3.8) is 0 Å². The third-order valence-corrected chi connectivity index (χ3v) is 2.71. The average Bonchev–Trinajstić information content (AvgIpc) is 2.27. The lowest BCUT2D eigenvalue weighted by Gasteiger charge is -2.30. The summed E-state index contributed by atoms with van der Waals surface area (Å²) in [7, 11) is 0. The molecule has 0 heterocycles. The highest BCUT2D eigenvalue weighted by molar-refractivity contribution is 5.84. The minimum absolute atomic E-state index is 0.305. The van der Waals surface area contributed by atoms with Gasteiger partial charge in [-0.2, -0.15) is 0 Å². The first-order chi connectivity index (χ1) is 7.63. The second-order valence-corrected chi connectivity index (χ2v) is 3.78. The van der Waals surface area contributed by atoms with Gasteiger partial charge in [0.05, 0.1) is 5.54 Å². The predicted octanol–water partition coefficient (Wildman–Crippen LogP) is 1.71. The van der Waals surface area contributed by atoms with Gasteiger partial charge in [-0.3, -0.25) is 4.79 Å². The largest absolute Gasteiger partial charge is 0.368 e. The third kappa shape index (κ3) is 4.51. The van der Waals surface area contributed by atoms with Gasteiger partial charge in [-0.15, -0.1) is 0 Å². The van der Waals surface area contributed by atoms with Gasteiger partial charge in [0, 0.05) is 11.5 Å². The summed E-state index contributed by atoms with van der Waals surface area (Å²) >= 11 is 0. The molecule has 0 aliphatic heterocycles. The summed E-state index contributed by atoms with van der Waals surface area (Å²) in [5, 5.41) is 6.62. The van der Waals surface area contributed by atoms with Crippen molar-refractivity contribution in [1.82, 2.24) is 5.32 Å². The van der Waals surface area contributed by atoms with E-state index in [9.17, 15) is 4.79 Å². The van der Waals surface area contributed by atoms with Crippen LogP contribution in [0.1, 0.15) is 39.5 Å². The summed E-state index contributed by atoms with van der Waals surface area (Å²) in [6, 6.07) is 0. The van der Waals surface area contributed by atoms with Crippen LogP contribution in [0, 0.1) is 0 Å². The van der Waals surface area contributed by atoms with Crippen LogP contribution in [-0.4, -0.2) is 24.5 Å². The summed E-state index contributed by atoms with van der Waals surface area (Å²) in [5.74, 6) is -0.305. The van der Waals surface area contributed by atoms with E-state index < -0.39 is 5.54 Å². The number of azide groups is 1. The van der Waals surface area contributed by atoms with Gasteiger partial charge in [-0.05, 0) is 31.3 Å². The molecule has 0 aromatic rings. The number of nitrogens with zero attached hydrogens (tertiary/aromatic N) is 3. The maximum Gasteiger partial charge on any atom is 0.237 e. The minimum atomic E-state index is -0.606. The molecule has 0 bridgehead atoms. The van der Waals surface area contributed by atoms with Crippen LogP contribution in [-0.2, 0) is 4.79 Å². The highest BCUT2D eigenvalue weighted by Gasteiger charge is 2.32. The summed E-state index contributed by atoms with van der Waals surface area (Å²) < 4.78 is 0. The number of hydrogen-bond donors (Lipinski definition) is 2. The van der Waals surface area contributed by atoms with E-state index in [0.717, 1.165) is 12.8 Å². The van der Waals surface area contributed by atoms with Crippen LogP contribution in [0.2, 0.25) is 0 Å². The maximum atomic E-state index is 11.4. The van der Waals surface area contributed by atoms with Gasteiger partial charge in [-0.25, -0.2) is 0 Å². The minimum Gasteiger partial charge on any atom is -0.368 e. The van der Waals surface area contributed by atoms with Crippen LogP contribution in [0.5, 0.6) is 0 Å². The van der Waals surface area contributed by atoms with Gasteiger partial charge in [0.1, 0.15) is 0 Å². The molecule has 0 aliphatic carbocycles. The van der Waals surface area contributed by atoms with Crippen molar-refractivity contribution in [2.75, 3.05) is 13.1 Å². The first-order valence-corrected chi connectivity index (χ1v) is 5.68. The number of nitrogens with one attached hydrogen (secondary N) is 1. The van der Waals surface area contributed by atoms with Crippen molar-refractivity contribution in [1.29, 1.82) is 0 Å². The fourth-order valence-corrected chi connectivity index (χ4v) is 1.72. The van der Waals surface area contributed by atoms with E-state index in [1.54, 1.807) is 0 Å². The van der Waals surface area contributed by atoms with Crippen molar-refractivity contribution in [2.45, 2.75) is 45.1 Å². The lowest BCUT2D eigenvalue weighted by atomic mass is 9.89. The molecule has 1 unspecified atom stereocenters. The molecule has 0 saturated heterocycles. The predicted molar refractivity (Wildman–Crippen MR) is 63.8 cm³/mol. The summed E-state index contributed by atoms with van der Waals surface area (Å²) in [6.45, 7) is 5.04. The monoisotopic (exact) mass is 227 g/mol. The first kappa shape index (κ1) is 14.7. The Kier molecular flexibility index (Phi) is 7.33. The number of carbonyl (C=O) groups excluding carboxylic acids is 1. The van der Waals surface area contributed by atoms with Crippen LogP contribution in [0.15, 0.2) is 5.11 Å². The standard InChI is InChI=1S/C10H21N5O/c1-3-6-10(4-2,9(11)16)13-7-5-8-14-15-12/h13H,3-8H2,1-2H3,(H2,11,16). The fourth-order valence-electron chi connectivity index (χ4n) is 1.72. The number of rotatable bonds is 9. The lowest BCUT2D eigenvalue weighted by molar-refractivity contribution is -0.124. The molecule has 3 N–H and O–H groups in total. The van der Waals surface area contributed by atoms with E-state index in [1.807, 2.05) is 13.8 Å². The molecule has 0 radical (unpaired) electrons. The second-order valence-electron chi connectivity index (χ2n) is 3.78. The highest BCUT2D eigenvalue weighted by Crippen LogP contribution is 2.16. The summed E-state index contributed by atoms with van der Waals surface area (Å²) in [6.07, 6.45) is 3.03. The summed E-state index contributed by atoms with van der Waals surface area (Å²) in [4.78, 5) is 14.1. The van der Waals surface area contributed by atoms with E-state index in [0.29, 0.717) is 25.9 Å². The van der Waals surface area contributed by atoms with Gasteiger partial charge >= 0.3 is 0 Å². The van der Waals surface area contributed by atoms with E-state index in [-0.39, 0.29) is 5.91 Å². The van der Waals surface area contributed by atoms with Crippen molar-refractivity contribution in [2.24, 2.45) is 10.8 Å². The van der Waals surface area contributed by atoms with Gasteiger partial charge < -0.3 is 11.1 Å². The number of hydrogen-bond acceptors (Lipinski definition) is 3. The van der Waals surface area contributed by atoms with E-state index in [2.05, 4.69) is 15.3 Å². The number of primary amides is 1. The van der Waals surface area contributed by atoms with E-state index >= 15 is 0 Å². The Morgan fingerprint density at radius 3 is 2.69 bits per heavy atom. The van der Waals surface area contributed by atoms with Crippen molar-refractivity contribution >= 4 is 5.91 Å². The Balaban J connectivity index is 4.20. The molecule has 0 saturated carbocycles. The van der Waals surface area contributed by atoms with Gasteiger partial charge in [0.15, 0.2) is 0 Å². The number of carbonyl (C=O) groups is 1. The molecular weight excluding hydrogens is 206 g/mol. The molecule has 6 nitrogen and oxygen atoms in total. The Hall–Kier alpha value is -1.26. The average molecular weight is 227 g/mol. The Bertz CT molecular complexity index is 262. The topological polar surface area (TPSA) is 104 Å². The quantitative estimate of drug-likeness (QED) is 0.271. The second kappa shape index (κ2) is 7.96. The molecular formula is C10H21N5O. The smallest absolute Gasteiger partial charge is 0.237 e. The Morgan fingerprint density at radius 1 is 1.56 bits per heavy atom. The molecule has 0 aromatic heterocycles. The zero-order chi connectivity index (χ0) is 12.4. The molecule has 1 amide bonds. The van der Waals surface area contributed by atoms with Gasteiger partial charge in [0.25, 0.3) is 0 Å². The fraction of sp³-hybridized carbons (Fsp3) is 0.900. The molecule has 0 fully saturated rings. The van der Waals surface area contributed by atoms with Gasteiger partial charge in [-0.1, -0.05) is 25.4 Å². The van der Waals surface area contributed by atoms with Crippen LogP contribution >= 0.6 is 0 Å². The van der Waals surface area contributed by atoms with Crippen LogP contribution in [0.25, 0.3) is 10.4 Å². The SMILES string of the molecule is CCCC(CC)(NCCCN=[N+]=[N-])C(N)=O. The molecule has 0 aromatic carbocycles. The van der Waals surface area contributed by atoms with Crippen LogP contribution < -0.4 is 11.1 Å². The zero-order valence-corrected chi connectivity index (χ0v) is 10.1. The van der Waals surface area contributed by atoms with E-state index in [4.69, 9.17) is 11.3 Å². The van der Waals surface area contributed by atoms with Crippen LogP contribution in [0.3, 0.4) is 0 Å². The Labute approximate surface area is 96.2 Å². The number of nitrogens with two attached hydrogens (primary N) is 1. The van der Waals surface area contributed by atoms with Crippen molar-refractivity contribution < 1.29 is 4.79 Å². The molecule has 92 valence electrons. The molecule has 1 atom stereocenters. The highest BCUT2D eigenvalue weighted by atomic mass is 16.1. The first-order valence-electron chi connectivity index (χ1n) is 5.68. The molecule has 0 spiro atoms. The molecule has 16 heavy (non-hydrogen) atoms. The Morgan fingerprint density at radius 2 is 2.25 bits per heavy atom. The summed E-state index contributed by atoms with van der Waals surface area (Å²) in [5.41, 5.74) is 12.9. The third-order valence-electron chi connectivity index (χ3n) is 2.71.